The Balaban J connectivity index is 2.65. The van der Waals surface area contributed by atoms with Crippen molar-refractivity contribution in [2.24, 2.45) is 0 Å². The van der Waals surface area contributed by atoms with Crippen molar-refractivity contribution in [2.45, 2.75) is 32.7 Å². The van der Waals surface area contributed by atoms with Crippen molar-refractivity contribution in [3.63, 3.8) is 0 Å². The van der Waals surface area contributed by atoms with Gasteiger partial charge in [0.1, 0.15) is 0 Å². The zero-order chi connectivity index (χ0) is 14.9. The molecule has 1 aromatic heterocycles. The van der Waals surface area contributed by atoms with Crippen LogP contribution in [-0.4, -0.2) is 31.3 Å². The predicted molar refractivity (Wildman–Crippen MR) is 74.6 cm³/mol. The number of hydrogen-bond acceptors (Lipinski definition) is 4. The summed E-state index contributed by atoms with van der Waals surface area (Å²) >= 11 is 6.10. The number of carbonyl (C=O) groups is 1. The van der Waals surface area contributed by atoms with Gasteiger partial charge in [0.2, 0.25) is 0 Å². The monoisotopic (exact) mass is 294 g/mol. The fraction of sp³-hybridized carbons (Fsp3) is 0.385. The summed E-state index contributed by atoms with van der Waals surface area (Å²) in [6.45, 7) is 5.22. The normalized spacial score (nSPS) is 14.0. The summed E-state index contributed by atoms with van der Waals surface area (Å²) in [5.41, 5.74) is 0.339. The second kappa shape index (κ2) is 5.20. The van der Waals surface area contributed by atoms with Gasteiger partial charge in [-0.2, -0.15) is 0 Å². The van der Waals surface area contributed by atoms with Gasteiger partial charge in [0.25, 0.3) is 0 Å². The van der Waals surface area contributed by atoms with E-state index in [1.54, 1.807) is 26.0 Å². The Kier molecular flexibility index (Phi) is 3.76. The molecule has 106 valence electrons. The maximum Gasteiger partial charge on any atom is 0.331 e. The maximum absolute atomic E-state index is 11.5. The van der Waals surface area contributed by atoms with Gasteiger partial charge in [-0.15, -0.1) is 5.10 Å². The van der Waals surface area contributed by atoms with E-state index >= 15 is 0 Å². The number of aliphatic carboxylic acids is 1. The third-order valence-corrected chi connectivity index (χ3v) is 4.00. The van der Waals surface area contributed by atoms with Crippen LogP contribution in [0.5, 0.6) is 0 Å². The van der Waals surface area contributed by atoms with E-state index in [0.29, 0.717) is 17.3 Å². The van der Waals surface area contributed by atoms with Crippen LogP contribution in [0.4, 0.5) is 0 Å². The minimum atomic E-state index is -1.20. The quantitative estimate of drug-likeness (QED) is 0.937. The van der Waals surface area contributed by atoms with Crippen LogP contribution in [-0.2, 0) is 10.3 Å². The Hall–Kier alpha value is -1.95. The number of carboxylic acid groups (broad SMARTS) is 1. The molecule has 1 atom stereocenters. The summed E-state index contributed by atoms with van der Waals surface area (Å²) in [5, 5.41) is 21.5. The van der Waals surface area contributed by atoms with Crippen molar-refractivity contribution in [2.75, 3.05) is 0 Å². The van der Waals surface area contributed by atoms with Crippen LogP contribution in [0.15, 0.2) is 18.2 Å². The third-order valence-electron chi connectivity index (χ3n) is 3.59. The van der Waals surface area contributed by atoms with E-state index in [1.807, 2.05) is 13.0 Å². The molecule has 1 heterocycles. The molecule has 0 saturated heterocycles. The summed E-state index contributed by atoms with van der Waals surface area (Å²) in [7, 11) is 0. The largest absolute Gasteiger partial charge is 0.479 e. The highest BCUT2D eigenvalue weighted by Crippen LogP contribution is 2.30. The zero-order valence-corrected chi connectivity index (χ0v) is 12.2. The summed E-state index contributed by atoms with van der Waals surface area (Å²) in [6.07, 6.45) is 0.361. The second-order valence-electron chi connectivity index (χ2n) is 4.76. The summed E-state index contributed by atoms with van der Waals surface area (Å²) in [6, 6.07) is 5.37. The lowest BCUT2D eigenvalue weighted by atomic mass is 9.98. The number of hydrogen-bond donors (Lipinski definition) is 1. The van der Waals surface area contributed by atoms with Gasteiger partial charge >= 0.3 is 5.97 Å². The molecular weight excluding hydrogens is 280 g/mol. The Morgan fingerprint density at radius 3 is 2.80 bits per heavy atom. The van der Waals surface area contributed by atoms with E-state index in [1.165, 1.54) is 4.68 Å². The number of carboxylic acids is 1. The van der Waals surface area contributed by atoms with Gasteiger partial charge in [-0.3, -0.25) is 0 Å². The molecule has 0 radical (unpaired) electrons. The van der Waals surface area contributed by atoms with E-state index in [0.717, 1.165) is 11.1 Å². The van der Waals surface area contributed by atoms with Gasteiger partial charge in [-0.05, 0) is 42.3 Å². The molecule has 7 heteroatoms. The molecule has 6 nitrogen and oxygen atoms in total. The van der Waals surface area contributed by atoms with Gasteiger partial charge in [0.05, 0.1) is 0 Å². The highest BCUT2D eigenvalue weighted by Gasteiger charge is 2.37. The number of tetrazole rings is 1. The molecule has 20 heavy (non-hydrogen) atoms. The minimum absolute atomic E-state index is 0.361. The molecule has 0 aliphatic carbocycles. The van der Waals surface area contributed by atoms with Crippen molar-refractivity contribution in [1.29, 1.82) is 0 Å². The van der Waals surface area contributed by atoms with Crippen LogP contribution in [0.3, 0.4) is 0 Å². The van der Waals surface area contributed by atoms with Crippen LogP contribution >= 0.6 is 11.6 Å². The molecule has 0 spiro atoms. The standard InChI is InChI=1S/C13H15ClN4O2/c1-4-13(3,12(19)20)18-11(15-16-17-18)9-6-5-7-10(14)8(9)2/h5-7H,4H2,1-3H3,(H,19,20). The molecule has 0 aliphatic heterocycles. The number of rotatable bonds is 4. The first-order valence-corrected chi connectivity index (χ1v) is 6.57. The fourth-order valence-corrected chi connectivity index (χ4v) is 2.10. The minimum Gasteiger partial charge on any atom is -0.479 e. The van der Waals surface area contributed by atoms with Crippen LogP contribution < -0.4 is 0 Å². The SMILES string of the molecule is CCC(C)(C(=O)O)n1nnnc1-c1cccc(Cl)c1C. The molecule has 1 unspecified atom stereocenters. The third kappa shape index (κ3) is 2.16. The average molecular weight is 295 g/mol. The van der Waals surface area contributed by atoms with E-state index < -0.39 is 11.5 Å². The summed E-state index contributed by atoms with van der Waals surface area (Å²) in [5.74, 6) is -0.579. The molecule has 1 aromatic carbocycles. The fourth-order valence-electron chi connectivity index (χ4n) is 1.93. The van der Waals surface area contributed by atoms with Crippen molar-refractivity contribution >= 4 is 17.6 Å². The van der Waals surface area contributed by atoms with Gasteiger partial charge in [0.15, 0.2) is 11.4 Å². The van der Waals surface area contributed by atoms with Crippen molar-refractivity contribution < 1.29 is 9.90 Å². The van der Waals surface area contributed by atoms with Crippen LogP contribution in [0, 0.1) is 6.92 Å². The lowest BCUT2D eigenvalue weighted by Crippen LogP contribution is -2.39. The number of halogens is 1. The van der Waals surface area contributed by atoms with E-state index in [9.17, 15) is 9.90 Å². The number of nitrogens with zero attached hydrogens (tertiary/aromatic N) is 4. The molecule has 0 bridgehead atoms. The van der Waals surface area contributed by atoms with Gasteiger partial charge in [-0.1, -0.05) is 30.7 Å². The molecule has 1 N–H and O–H groups in total. The Morgan fingerprint density at radius 1 is 1.50 bits per heavy atom. The average Bonchev–Trinajstić information content (AvgIpc) is 2.90. The maximum atomic E-state index is 11.5. The predicted octanol–water partition coefficient (Wildman–Crippen LogP) is 2.51. The summed E-state index contributed by atoms with van der Waals surface area (Å²) < 4.78 is 1.34. The first kappa shape index (κ1) is 14.5. The van der Waals surface area contributed by atoms with Crippen LogP contribution in [0.25, 0.3) is 11.4 Å². The van der Waals surface area contributed by atoms with Crippen LogP contribution in [0.1, 0.15) is 25.8 Å². The van der Waals surface area contributed by atoms with E-state index in [-0.39, 0.29) is 0 Å². The smallest absolute Gasteiger partial charge is 0.331 e. The van der Waals surface area contributed by atoms with Crippen molar-refractivity contribution in [3.8, 4) is 11.4 Å². The molecular formula is C13H15ClN4O2. The molecule has 0 amide bonds. The Morgan fingerprint density at radius 2 is 2.20 bits per heavy atom. The highest BCUT2D eigenvalue weighted by molar-refractivity contribution is 6.31. The number of aromatic nitrogens is 4. The first-order valence-electron chi connectivity index (χ1n) is 6.19. The Labute approximate surface area is 121 Å². The molecule has 0 aliphatic rings. The van der Waals surface area contributed by atoms with Gasteiger partial charge < -0.3 is 5.11 Å². The topological polar surface area (TPSA) is 80.9 Å². The first-order chi connectivity index (χ1) is 9.41. The molecule has 2 aromatic rings. The lowest BCUT2D eigenvalue weighted by molar-refractivity contribution is -0.147. The van der Waals surface area contributed by atoms with Crippen molar-refractivity contribution in [1.82, 2.24) is 20.2 Å². The lowest BCUT2D eigenvalue weighted by Gasteiger charge is -2.24. The highest BCUT2D eigenvalue weighted by atomic mass is 35.5. The Bertz CT molecular complexity index is 656. The van der Waals surface area contributed by atoms with E-state index in [2.05, 4.69) is 15.5 Å². The molecule has 2 rings (SSSR count). The van der Waals surface area contributed by atoms with Gasteiger partial charge in [-0.25, -0.2) is 9.48 Å². The number of benzene rings is 1. The molecule has 0 fully saturated rings. The van der Waals surface area contributed by atoms with Gasteiger partial charge in [0, 0.05) is 10.6 Å². The van der Waals surface area contributed by atoms with Crippen molar-refractivity contribution in [3.05, 3.63) is 28.8 Å². The van der Waals surface area contributed by atoms with E-state index in [4.69, 9.17) is 11.6 Å². The second-order valence-corrected chi connectivity index (χ2v) is 5.17. The van der Waals surface area contributed by atoms with Crippen LogP contribution in [0.2, 0.25) is 5.02 Å². The zero-order valence-electron chi connectivity index (χ0n) is 11.5. The summed E-state index contributed by atoms with van der Waals surface area (Å²) in [4.78, 5) is 11.5. The molecule has 0 saturated carbocycles.